The highest BCUT2D eigenvalue weighted by Gasteiger charge is 2.45. The maximum absolute atomic E-state index is 13.2. The minimum Gasteiger partial charge on any atom is -0.314 e. The average Bonchev–Trinajstić information content (AvgIpc) is 3.03. The van der Waals surface area contributed by atoms with E-state index in [1.807, 2.05) is 12.1 Å². The molecule has 3 aliphatic heterocycles. The van der Waals surface area contributed by atoms with Crippen molar-refractivity contribution in [3.05, 3.63) is 34.9 Å². The molecule has 176 valence electrons. The van der Waals surface area contributed by atoms with Crippen LogP contribution >= 0.6 is 0 Å². The van der Waals surface area contributed by atoms with Crippen LogP contribution in [0.5, 0.6) is 0 Å². The molecule has 1 aliphatic carbocycles. The fourth-order valence-electron chi connectivity index (χ4n) is 5.64. The third-order valence-corrected chi connectivity index (χ3v) is 7.82. The van der Waals surface area contributed by atoms with Crippen molar-refractivity contribution in [2.24, 2.45) is 11.8 Å². The van der Waals surface area contributed by atoms with E-state index in [1.165, 1.54) is 25.7 Å². The molecular weight excluding hydrogens is 420 g/mol. The number of carbonyl (C=O) groups excluding carboxylic acids is 4. The van der Waals surface area contributed by atoms with Gasteiger partial charge in [0.2, 0.25) is 11.8 Å². The molecule has 1 aromatic carbocycles. The number of hydrogen-bond donors (Lipinski definition) is 3. The number of carbonyl (C=O) groups is 4. The zero-order valence-corrected chi connectivity index (χ0v) is 18.9. The van der Waals surface area contributed by atoms with Crippen LogP contribution in [-0.2, 0) is 16.0 Å². The summed E-state index contributed by atoms with van der Waals surface area (Å²) in [6, 6.07) is 5.15. The van der Waals surface area contributed by atoms with Crippen molar-refractivity contribution < 1.29 is 19.2 Å². The lowest BCUT2D eigenvalue weighted by molar-refractivity contribution is -0.136. The number of piperidine rings is 1. The monoisotopic (exact) mass is 452 g/mol. The first kappa shape index (κ1) is 22.2. The molecule has 4 aliphatic rings. The topological polar surface area (TPSA) is 108 Å². The van der Waals surface area contributed by atoms with E-state index in [1.54, 1.807) is 6.07 Å². The van der Waals surface area contributed by atoms with Crippen LogP contribution in [0.3, 0.4) is 0 Å². The number of fused-ring (bicyclic) bond motifs is 1. The summed E-state index contributed by atoms with van der Waals surface area (Å²) in [4.78, 5) is 51.1. The quantitative estimate of drug-likeness (QED) is 0.540. The maximum atomic E-state index is 13.2. The first-order chi connectivity index (χ1) is 16.0. The van der Waals surface area contributed by atoms with Gasteiger partial charge in [-0.25, -0.2) is 0 Å². The Hall–Kier alpha value is -2.58. The lowest BCUT2D eigenvalue weighted by Gasteiger charge is -2.33. The van der Waals surface area contributed by atoms with E-state index < -0.39 is 23.8 Å². The minimum atomic E-state index is -0.914. The molecule has 0 spiro atoms. The molecule has 4 amide bonds. The molecule has 3 N–H and O–H groups in total. The van der Waals surface area contributed by atoms with Gasteiger partial charge in [-0.3, -0.25) is 29.4 Å². The number of imide groups is 2. The number of aryl methyl sites for hydroxylation is 1. The number of amides is 4. The van der Waals surface area contributed by atoms with E-state index in [2.05, 4.69) is 16.0 Å². The van der Waals surface area contributed by atoms with Crippen LogP contribution in [-0.4, -0.2) is 60.2 Å². The Balaban J connectivity index is 1.19. The van der Waals surface area contributed by atoms with Crippen LogP contribution in [0.15, 0.2) is 18.2 Å². The Morgan fingerprint density at radius 1 is 0.939 bits per heavy atom. The normalized spacial score (nSPS) is 28.0. The molecule has 8 heteroatoms. The van der Waals surface area contributed by atoms with Gasteiger partial charge in [-0.1, -0.05) is 25.0 Å². The zero-order valence-electron chi connectivity index (χ0n) is 18.9. The predicted molar refractivity (Wildman–Crippen MR) is 122 cm³/mol. The van der Waals surface area contributed by atoms with Gasteiger partial charge >= 0.3 is 0 Å². The highest BCUT2D eigenvalue weighted by molar-refractivity contribution is 6.24. The van der Waals surface area contributed by atoms with Crippen molar-refractivity contribution in [1.29, 1.82) is 0 Å². The van der Waals surface area contributed by atoms with Crippen LogP contribution < -0.4 is 16.0 Å². The van der Waals surface area contributed by atoms with Gasteiger partial charge in [-0.05, 0) is 62.1 Å². The van der Waals surface area contributed by atoms with E-state index >= 15 is 0 Å². The van der Waals surface area contributed by atoms with Gasteiger partial charge < -0.3 is 10.6 Å². The molecule has 1 saturated carbocycles. The molecule has 1 atom stereocenters. The summed E-state index contributed by atoms with van der Waals surface area (Å²) in [5.74, 6) is -0.368. The van der Waals surface area contributed by atoms with E-state index in [0.717, 1.165) is 48.9 Å². The fourth-order valence-corrected chi connectivity index (χ4v) is 5.64. The van der Waals surface area contributed by atoms with Gasteiger partial charge in [0.05, 0.1) is 11.1 Å². The fraction of sp³-hybridized carbons (Fsp3) is 0.600. The van der Waals surface area contributed by atoms with Crippen LogP contribution in [0.25, 0.3) is 0 Å². The lowest BCUT2D eigenvalue weighted by atomic mass is 9.79. The zero-order chi connectivity index (χ0) is 22.9. The van der Waals surface area contributed by atoms with Gasteiger partial charge in [-0.15, -0.1) is 0 Å². The predicted octanol–water partition coefficient (Wildman–Crippen LogP) is 1.39. The number of rotatable bonds is 7. The standard InChI is InChI=1S/C25H32N4O4/c30-21-11-10-20(23(31)28-21)29-24(32)19-3-1-2-17(22(19)25(29)33)9-8-15-4-6-16(7-5-15)12-27-18-13-26-14-18/h1-3,15-16,18,20,26-27H,4-14H2,(H,28,30,31). The average molecular weight is 453 g/mol. The number of benzene rings is 1. The van der Waals surface area contributed by atoms with Crippen LogP contribution in [0, 0.1) is 11.8 Å². The highest BCUT2D eigenvalue weighted by atomic mass is 16.2. The highest BCUT2D eigenvalue weighted by Crippen LogP contribution is 2.34. The van der Waals surface area contributed by atoms with Gasteiger partial charge in [0.1, 0.15) is 6.04 Å². The summed E-state index contributed by atoms with van der Waals surface area (Å²) in [6.45, 7) is 3.27. The molecule has 0 bridgehead atoms. The first-order valence-electron chi connectivity index (χ1n) is 12.3. The summed E-state index contributed by atoms with van der Waals surface area (Å²) >= 11 is 0. The summed E-state index contributed by atoms with van der Waals surface area (Å²) in [7, 11) is 0. The maximum Gasteiger partial charge on any atom is 0.262 e. The third-order valence-electron chi connectivity index (χ3n) is 7.82. The van der Waals surface area contributed by atoms with Crippen molar-refractivity contribution in [1.82, 2.24) is 20.9 Å². The summed E-state index contributed by atoms with van der Waals surface area (Å²) in [5, 5.41) is 9.20. The van der Waals surface area contributed by atoms with E-state index in [4.69, 9.17) is 0 Å². The second-order valence-electron chi connectivity index (χ2n) is 9.98. The molecule has 3 heterocycles. The third kappa shape index (κ3) is 4.46. The molecule has 1 aromatic rings. The first-order valence-corrected chi connectivity index (χ1v) is 12.3. The van der Waals surface area contributed by atoms with E-state index in [0.29, 0.717) is 23.1 Å². The molecule has 0 aromatic heterocycles. The molecular formula is C25H32N4O4. The molecule has 2 saturated heterocycles. The van der Waals surface area contributed by atoms with Crippen molar-refractivity contribution in [2.45, 2.75) is 63.5 Å². The van der Waals surface area contributed by atoms with E-state index in [-0.39, 0.29) is 18.7 Å². The largest absolute Gasteiger partial charge is 0.314 e. The van der Waals surface area contributed by atoms with E-state index in [9.17, 15) is 19.2 Å². The van der Waals surface area contributed by atoms with Crippen LogP contribution in [0.4, 0.5) is 0 Å². The van der Waals surface area contributed by atoms with Crippen LogP contribution in [0.2, 0.25) is 0 Å². The summed E-state index contributed by atoms with van der Waals surface area (Å²) in [5.41, 5.74) is 1.71. The minimum absolute atomic E-state index is 0.131. The summed E-state index contributed by atoms with van der Waals surface area (Å²) < 4.78 is 0. The lowest BCUT2D eigenvalue weighted by Crippen LogP contribution is -2.56. The molecule has 8 nitrogen and oxygen atoms in total. The molecule has 1 unspecified atom stereocenters. The number of nitrogens with zero attached hydrogens (tertiary/aromatic N) is 1. The molecule has 5 rings (SSSR count). The van der Waals surface area contributed by atoms with Gasteiger partial charge in [0, 0.05) is 25.6 Å². The van der Waals surface area contributed by atoms with Gasteiger partial charge in [0.15, 0.2) is 0 Å². The van der Waals surface area contributed by atoms with Crippen LogP contribution in [0.1, 0.15) is 71.2 Å². The Labute approximate surface area is 193 Å². The van der Waals surface area contributed by atoms with Crippen molar-refractivity contribution in [3.63, 3.8) is 0 Å². The Bertz CT molecular complexity index is 965. The van der Waals surface area contributed by atoms with Gasteiger partial charge in [0.25, 0.3) is 11.8 Å². The van der Waals surface area contributed by atoms with Crippen molar-refractivity contribution in [2.75, 3.05) is 19.6 Å². The Kier molecular flexibility index (Phi) is 6.29. The number of nitrogens with one attached hydrogen (secondary N) is 3. The Morgan fingerprint density at radius 2 is 1.70 bits per heavy atom. The SMILES string of the molecule is O=C1CCC(N2C(=O)c3cccc(CCC4CCC(CNC5CNC5)CC4)c3C2=O)C(=O)N1. The second-order valence-corrected chi connectivity index (χ2v) is 9.98. The second kappa shape index (κ2) is 9.35. The molecule has 3 fully saturated rings. The summed E-state index contributed by atoms with van der Waals surface area (Å²) in [6.07, 6.45) is 6.97. The Morgan fingerprint density at radius 3 is 2.39 bits per heavy atom. The smallest absolute Gasteiger partial charge is 0.262 e. The molecule has 33 heavy (non-hydrogen) atoms. The van der Waals surface area contributed by atoms with Gasteiger partial charge in [-0.2, -0.15) is 0 Å². The molecule has 0 radical (unpaired) electrons. The number of hydrogen-bond acceptors (Lipinski definition) is 6. The van der Waals surface area contributed by atoms with Crippen molar-refractivity contribution >= 4 is 23.6 Å². The van der Waals surface area contributed by atoms with Crippen molar-refractivity contribution in [3.8, 4) is 0 Å².